The van der Waals surface area contributed by atoms with E-state index in [1.807, 2.05) is 53.4 Å². The topological polar surface area (TPSA) is 135 Å². The molecular formula is C27H28N6O3. The van der Waals surface area contributed by atoms with Crippen LogP contribution in [-0.2, 0) is 20.9 Å². The van der Waals surface area contributed by atoms with E-state index < -0.39 is 5.91 Å². The van der Waals surface area contributed by atoms with Crippen molar-refractivity contribution in [3.8, 4) is 0 Å². The molecule has 0 unspecified atom stereocenters. The second-order valence-corrected chi connectivity index (χ2v) is 8.48. The molecule has 0 atom stereocenters. The first-order valence-corrected chi connectivity index (χ1v) is 11.6. The van der Waals surface area contributed by atoms with Gasteiger partial charge in [-0.15, -0.1) is 0 Å². The van der Waals surface area contributed by atoms with E-state index in [0.717, 1.165) is 5.56 Å². The van der Waals surface area contributed by atoms with Crippen molar-refractivity contribution >= 4 is 34.8 Å². The third-order valence-corrected chi connectivity index (χ3v) is 5.82. The molecule has 1 aliphatic rings. The smallest absolute Gasteiger partial charge is 0.243 e. The van der Waals surface area contributed by atoms with Gasteiger partial charge in [-0.3, -0.25) is 24.2 Å². The minimum Gasteiger partial charge on any atom is -0.398 e. The van der Waals surface area contributed by atoms with Crippen molar-refractivity contribution in [2.75, 3.05) is 37.2 Å². The Morgan fingerprint density at radius 1 is 0.972 bits per heavy atom. The summed E-state index contributed by atoms with van der Waals surface area (Å²) in [4.78, 5) is 44.3. The molecule has 3 aromatic rings. The second-order valence-electron chi connectivity index (χ2n) is 8.48. The maximum absolute atomic E-state index is 12.6. The van der Waals surface area contributed by atoms with E-state index in [9.17, 15) is 14.4 Å². The van der Waals surface area contributed by atoms with E-state index in [1.54, 1.807) is 24.4 Å². The van der Waals surface area contributed by atoms with Gasteiger partial charge in [-0.25, -0.2) is 4.98 Å². The number of nitrogens with one attached hydrogen (secondary N) is 1. The van der Waals surface area contributed by atoms with Crippen molar-refractivity contribution in [3.63, 3.8) is 0 Å². The normalized spacial score (nSPS) is 14.7. The molecule has 0 radical (unpaired) electrons. The number of nitrogens with two attached hydrogens (primary N) is 2. The predicted octanol–water partition coefficient (Wildman–Crippen LogP) is 1.86. The zero-order chi connectivity index (χ0) is 25.5. The van der Waals surface area contributed by atoms with Crippen molar-refractivity contribution in [3.05, 3.63) is 95.7 Å². The number of carbonyl (C=O) groups excluding carboxylic acids is 3. The quantitative estimate of drug-likeness (QED) is 0.240. The summed E-state index contributed by atoms with van der Waals surface area (Å²) in [5, 5.41) is 3.14. The van der Waals surface area contributed by atoms with Crippen LogP contribution >= 0.6 is 0 Å². The SMILES string of the molecule is NC(=O)C=C(c1ccc(NCCN2C(=O)CN(Cc3ccccc3)CC2=O)nc1)c1ccccc1N. The molecule has 0 spiro atoms. The fourth-order valence-corrected chi connectivity index (χ4v) is 4.11. The largest absolute Gasteiger partial charge is 0.398 e. The number of benzene rings is 2. The first kappa shape index (κ1) is 24.6. The lowest BCUT2D eigenvalue weighted by molar-refractivity contribution is -0.151. The van der Waals surface area contributed by atoms with E-state index >= 15 is 0 Å². The number of carbonyl (C=O) groups is 3. The fourth-order valence-electron chi connectivity index (χ4n) is 4.11. The van der Waals surface area contributed by atoms with Crippen molar-refractivity contribution < 1.29 is 14.4 Å². The number of hydrogen-bond donors (Lipinski definition) is 3. The molecule has 5 N–H and O–H groups in total. The summed E-state index contributed by atoms with van der Waals surface area (Å²) >= 11 is 0. The first-order chi connectivity index (χ1) is 17.4. The summed E-state index contributed by atoms with van der Waals surface area (Å²) < 4.78 is 0. The van der Waals surface area contributed by atoms with Crippen LogP contribution in [-0.4, -0.2) is 58.7 Å². The van der Waals surface area contributed by atoms with Crippen molar-refractivity contribution in [1.82, 2.24) is 14.8 Å². The molecule has 184 valence electrons. The summed E-state index contributed by atoms with van der Waals surface area (Å²) in [6.45, 7) is 1.56. The Kier molecular flexibility index (Phi) is 7.72. The van der Waals surface area contributed by atoms with Gasteiger partial charge < -0.3 is 16.8 Å². The molecule has 1 fully saturated rings. The highest BCUT2D eigenvalue weighted by Crippen LogP contribution is 2.27. The molecular weight excluding hydrogens is 456 g/mol. The number of aromatic nitrogens is 1. The summed E-state index contributed by atoms with van der Waals surface area (Å²) in [5.74, 6) is -0.447. The average molecular weight is 485 g/mol. The van der Waals surface area contributed by atoms with Gasteiger partial charge in [0.15, 0.2) is 0 Å². The van der Waals surface area contributed by atoms with Crippen LogP contribution in [0.5, 0.6) is 0 Å². The average Bonchev–Trinajstić information content (AvgIpc) is 2.86. The summed E-state index contributed by atoms with van der Waals surface area (Å²) in [7, 11) is 0. The monoisotopic (exact) mass is 484 g/mol. The Balaban J connectivity index is 1.34. The number of rotatable bonds is 9. The molecule has 0 saturated carbocycles. The van der Waals surface area contributed by atoms with Crippen LogP contribution in [0.2, 0.25) is 0 Å². The highest BCUT2D eigenvalue weighted by molar-refractivity contribution is 6.00. The Labute approximate surface area is 209 Å². The van der Waals surface area contributed by atoms with Gasteiger partial charge in [-0.1, -0.05) is 48.5 Å². The number of pyridine rings is 1. The number of hydrogen-bond acceptors (Lipinski definition) is 7. The van der Waals surface area contributed by atoms with Crippen LogP contribution in [0.4, 0.5) is 11.5 Å². The van der Waals surface area contributed by atoms with E-state index in [4.69, 9.17) is 11.5 Å². The summed E-state index contributed by atoms with van der Waals surface area (Å²) in [6.07, 6.45) is 2.94. The van der Waals surface area contributed by atoms with E-state index in [1.165, 1.54) is 11.0 Å². The van der Waals surface area contributed by atoms with Crippen molar-refractivity contribution in [1.29, 1.82) is 0 Å². The zero-order valence-corrected chi connectivity index (χ0v) is 19.8. The van der Waals surface area contributed by atoms with Gasteiger partial charge >= 0.3 is 0 Å². The van der Waals surface area contributed by atoms with E-state index in [0.29, 0.717) is 41.3 Å². The lowest BCUT2D eigenvalue weighted by Gasteiger charge is -2.32. The molecule has 2 aromatic carbocycles. The van der Waals surface area contributed by atoms with Crippen molar-refractivity contribution in [2.45, 2.75) is 6.54 Å². The van der Waals surface area contributed by atoms with Crippen LogP contribution in [0, 0.1) is 0 Å². The van der Waals surface area contributed by atoms with Gasteiger partial charge in [-0.05, 0) is 29.3 Å². The highest BCUT2D eigenvalue weighted by atomic mass is 16.2. The molecule has 0 aliphatic carbocycles. The maximum atomic E-state index is 12.6. The predicted molar refractivity (Wildman–Crippen MR) is 138 cm³/mol. The molecule has 36 heavy (non-hydrogen) atoms. The number of primary amides is 1. The molecule has 3 amide bonds. The van der Waals surface area contributed by atoms with Gasteiger partial charge in [-0.2, -0.15) is 0 Å². The Morgan fingerprint density at radius 2 is 1.67 bits per heavy atom. The molecule has 2 heterocycles. The lowest BCUT2D eigenvalue weighted by Crippen LogP contribution is -2.54. The number of piperazine rings is 1. The van der Waals surface area contributed by atoms with Gasteiger partial charge in [0.05, 0.1) is 13.1 Å². The number of para-hydroxylation sites is 1. The number of imide groups is 1. The Morgan fingerprint density at radius 3 is 2.31 bits per heavy atom. The Bertz CT molecular complexity index is 1260. The van der Waals surface area contributed by atoms with Gasteiger partial charge in [0.1, 0.15) is 5.82 Å². The van der Waals surface area contributed by atoms with Crippen LogP contribution in [0.3, 0.4) is 0 Å². The Hall–Kier alpha value is -4.50. The molecule has 1 aliphatic heterocycles. The first-order valence-electron chi connectivity index (χ1n) is 11.6. The standard InChI is InChI=1S/C27H28N6O3/c28-23-9-5-4-8-21(23)22(14-24(29)34)20-10-11-25(31-15-20)30-12-13-33-26(35)17-32(18-27(33)36)16-19-6-2-1-3-7-19/h1-11,14-15H,12-13,16-18,28H2,(H2,29,34)(H,30,31). The minimum atomic E-state index is -0.589. The molecule has 4 rings (SSSR count). The van der Waals surface area contributed by atoms with Crippen molar-refractivity contribution in [2.24, 2.45) is 5.73 Å². The maximum Gasteiger partial charge on any atom is 0.243 e. The lowest BCUT2D eigenvalue weighted by atomic mass is 9.97. The second kappa shape index (κ2) is 11.3. The third-order valence-electron chi connectivity index (χ3n) is 5.82. The zero-order valence-electron chi connectivity index (χ0n) is 19.8. The summed E-state index contributed by atoms with van der Waals surface area (Å²) in [6, 6.07) is 20.5. The number of nitrogen functional groups attached to an aromatic ring is 1. The van der Waals surface area contributed by atoms with E-state index in [2.05, 4.69) is 10.3 Å². The summed E-state index contributed by atoms with van der Waals surface area (Å²) in [5.41, 5.74) is 15.0. The van der Waals surface area contributed by atoms with Crippen LogP contribution in [0.15, 0.2) is 79.0 Å². The fraction of sp³-hybridized carbons (Fsp3) is 0.185. The number of anilines is 2. The molecule has 1 saturated heterocycles. The van der Waals surface area contributed by atoms with Gasteiger partial charge in [0, 0.05) is 48.7 Å². The number of amides is 3. The van der Waals surface area contributed by atoms with E-state index in [-0.39, 0.29) is 31.4 Å². The van der Waals surface area contributed by atoms with Gasteiger partial charge in [0.25, 0.3) is 0 Å². The third kappa shape index (κ3) is 6.13. The molecule has 0 bridgehead atoms. The minimum absolute atomic E-state index is 0.200. The number of nitrogens with zero attached hydrogens (tertiary/aromatic N) is 3. The highest BCUT2D eigenvalue weighted by Gasteiger charge is 2.30. The van der Waals surface area contributed by atoms with Gasteiger partial charge in [0.2, 0.25) is 17.7 Å². The molecule has 1 aromatic heterocycles. The van der Waals surface area contributed by atoms with Crippen LogP contribution in [0.1, 0.15) is 16.7 Å². The van der Waals surface area contributed by atoms with Crippen LogP contribution in [0.25, 0.3) is 5.57 Å². The molecule has 9 heteroatoms. The molecule has 9 nitrogen and oxygen atoms in total. The van der Waals surface area contributed by atoms with Crippen LogP contribution < -0.4 is 16.8 Å².